The lowest BCUT2D eigenvalue weighted by Gasteiger charge is -2.32. The van der Waals surface area contributed by atoms with Crippen LogP contribution in [0.4, 0.5) is 0 Å². The van der Waals surface area contributed by atoms with Gasteiger partial charge in [0.15, 0.2) is 0 Å². The van der Waals surface area contributed by atoms with E-state index in [1.54, 1.807) is 6.92 Å². The molecule has 1 atom stereocenters. The van der Waals surface area contributed by atoms with Gasteiger partial charge in [0.05, 0.1) is 6.04 Å². The summed E-state index contributed by atoms with van der Waals surface area (Å²) in [4.78, 5) is 13.9. The molecule has 1 amide bonds. The summed E-state index contributed by atoms with van der Waals surface area (Å²) in [5, 5.41) is 3.70. The Bertz CT molecular complexity index is 478. The summed E-state index contributed by atoms with van der Waals surface area (Å²) in [6.07, 6.45) is 1.92. The maximum absolute atomic E-state index is 11.6. The van der Waals surface area contributed by atoms with Crippen molar-refractivity contribution in [3.05, 3.63) is 29.3 Å². The van der Waals surface area contributed by atoms with Crippen molar-refractivity contribution in [1.82, 2.24) is 10.2 Å². The Balaban J connectivity index is 0.00000264. The van der Waals surface area contributed by atoms with Gasteiger partial charge in [-0.25, -0.2) is 0 Å². The van der Waals surface area contributed by atoms with Crippen LogP contribution in [0.15, 0.2) is 24.3 Å². The monoisotopic (exact) mass is 397 g/mol. The Kier molecular flexibility index (Phi) is 11.4. The van der Waals surface area contributed by atoms with E-state index in [0.717, 1.165) is 38.2 Å². The van der Waals surface area contributed by atoms with Crippen LogP contribution in [-0.4, -0.2) is 49.1 Å². The second-order valence-corrected chi connectivity index (χ2v) is 6.15. The Morgan fingerprint density at radius 1 is 1.33 bits per heavy atom. The highest BCUT2D eigenvalue weighted by Crippen LogP contribution is 2.16. The summed E-state index contributed by atoms with van der Waals surface area (Å²) in [5.74, 6) is 0.771. The predicted molar refractivity (Wildman–Crippen MR) is 103 cm³/mol. The molecule has 3 N–H and O–H groups in total. The van der Waals surface area contributed by atoms with E-state index < -0.39 is 6.04 Å². The molecule has 0 saturated carbocycles. The maximum atomic E-state index is 11.6. The van der Waals surface area contributed by atoms with Crippen molar-refractivity contribution in [2.24, 2.45) is 5.73 Å². The number of carbonyl (C=O) groups excluding carboxylic acids is 1. The average Bonchev–Trinajstić information content (AvgIpc) is 2.51. The largest absolute Gasteiger partial charge is 0.492 e. The highest BCUT2D eigenvalue weighted by atomic mass is 35.5. The fourth-order valence-electron chi connectivity index (χ4n) is 2.46. The molecule has 2 rings (SSSR count). The smallest absolute Gasteiger partial charge is 0.236 e. The predicted octanol–water partition coefficient (Wildman–Crippen LogP) is 2.49. The molecular weight excluding hydrogens is 373 g/mol. The van der Waals surface area contributed by atoms with Crippen molar-refractivity contribution in [3.63, 3.8) is 0 Å². The number of nitrogens with zero attached hydrogens (tertiary/aromatic N) is 1. The number of amides is 1. The van der Waals surface area contributed by atoms with E-state index in [0.29, 0.717) is 11.6 Å². The summed E-state index contributed by atoms with van der Waals surface area (Å²) in [7, 11) is 0. The summed E-state index contributed by atoms with van der Waals surface area (Å²) >= 11 is 5.84. The highest BCUT2D eigenvalue weighted by Gasteiger charge is 2.21. The number of likely N-dealkylation sites (tertiary alicyclic amines) is 1. The van der Waals surface area contributed by atoms with E-state index in [1.807, 2.05) is 24.3 Å². The van der Waals surface area contributed by atoms with Crippen molar-refractivity contribution in [3.8, 4) is 5.75 Å². The first-order valence-corrected chi connectivity index (χ1v) is 8.09. The molecule has 1 fully saturated rings. The van der Waals surface area contributed by atoms with Crippen LogP contribution in [0, 0.1) is 0 Å². The van der Waals surface area contributed by atoms with E-state index in [2.05, 4.69) is 10.2 Å². The third-order valence-corrected chi connectivity index (χ3v) is 4.09. The number of carbonyl (C=O) groups is 1. The molecule has 1 aliphatic rings. The lowest BCUT2D eigenvalue weighted by Crippen LogP contribution is -2.49. The Labute approximate surface area is 161 Å². The second-order valence-electron chi connectivity index (χ2n) is 5.72. The first-order chi connectivity index (χ1) is 10.5. The van der Waals surface area contributed by atoms with Gasteiger partial charge in [-0.05, 0) is 44.0 Å². The lowest BCUT2D eigenvalue weighted by atomic mass is 10.0. The molecule has 138 valence electrons. The molecule has 5 nitrogen and oxygen atoms in total. The summed E-state index contributed by atoms with van der Waals surface area (Å²) in [6, 6.07) is 7.20. The number of hydrogen-bond donors (Lipinski definition) is 2. The van der Waals surface area contributed by atoms with Gasteiger partial charge in [-0.2, -0.15) is 0 Å². The van der Waals surface area contributed by atoms with Crippen LogP contribution < -0.4 is 15.8 Å². The summed E-state index contributed by atoms with van der Waals surface area (Å²) in [5.41, 5.74) is 5.56. The minimum absolute atomic E-state index is 0. The Morgan fingerprint density at radius 2 is 1.92 bits per heavy atom. The number of benzene rings is 1. The summed E-state index contributed by atoms with van der Waals surface area (Å²) in [6.45, 7) is 5.18. The zero-order chi connectivity index (χ0) is 15.9. The second kappa shape index (κ2) is 11.8. The first kappa shape index (κ1) is 23.3. The molecule has 1 aromatic carbocycles. The molecule has 24 heavy (non-hydrogen) atoms. The average molecular weight is 399 g/mol. The fourth-order valence-corrected chi connectivity index (χ4v) is 2.58. The number of halogens is 3. The highest BCUT2D eigenvalue weighted by molar-refractivity contribution is 6.30. The van der Waals surface area contributed by atoms with Gasteiger partial charge in [0.25, 0.3) is 0 Å². The van der Waals surface area contributed by atoms with Crippen LogP contribution >= 0.6 is 36.4 Å². The number of nitrogens with one attached hydrogen (secondary N) is 1. The van der Waals surface area contributed by atoms with Gasteiger partial charge in [0.1, 0.15) is 12.4 Å². The number of hydrogen-bond acceptors (Lipinski definition) is 4. The van der Waals surface area contributed by atoms with E-state index in [4.69, 9.17) is 22.1 Å². The van der Waals surface area contributed by atoms with Crippen molar-refractivity contribution < 1.29 is 9.53 Å². The molecule has 0 radical (unpaired) electrons. The molecule has 1 heterocycles. The maximum Gasteiger partial charge on any atom is 0.236 e. The van der Waals surface area contributed by atoms with Gasteiger partial charge in [0.2, 0.25) is 5.91 Å². The Hall–Kier alpha value is -0.720. The molecular formula is C16H26Cl3N3O2. The van der Waals surface area contributed by atoms with E-state index in [-0.39, 0.29) is 36.8 Å². The van der Waals surface area contributed by atoms with E-state index in [1.165, 1.54) is 0 Å². The van der Waals surface area contributed by atoms with Gasteiger partial charge >= 0.3 is 0 Å². The topological polar surface area (TPSA) is 67.6 Å². The Morgan fingerprint density at radius 3 is 2.46 bits per heavy atom. The van der Waals surface area contributed by atoms with Crippen molar-refractivity contribution >= 4 is 42.3 Å². The van der Waals surface area contributed by atoms with Crippen molar-refractivity contribution in [1.29, 1.82) is 0 Å². The number of nitrogens with two attached hydrogens (primary N) is 1. The normalized spacial score (nSPS) is 16.5. The van der Waals surface area contributed by atoms with Crippen LogP contribution in [-0.2, 0) is 4.79 Å². The molecule has 1 aromatic rings. The zero-order valence-corrected chi connectivity index (χ0v) is 16.1. The molecule has 1 saturated heterocycles. The third-order valence-electron chi connectivity index (χ3n) is 3.84. The minimum Gasteiger partial charge on any atom is -0.492 e. The van der Waals surface area contributed by atoms with Gasteiger partial charge < -0.3 is 15.8 Å². The minimum atomic E-state index is -0.439. The quantitative estimate of drug-likeness (QED) is 0.772. The van der Waals surface area contributed by atoms with E-state index in [9.17, 15) is 4.79 Å². The van der Waals surface area contributed by atoms with E-state index >= 15 is 0 Å². The zero-order valence-electron chi connectivity index (χ0n) is 13.7. The van der Waals surface area contributed by atoms with Gasteiger partial charge in [-0.1, -0.05) is 11.6 Å². The molecule has 0 unspecified atom stereocenters. The number of ether oxygens (including phenoxy) is 1. The lowest BCUT2D eigenvalue weighted by molar-refractivity contribution is -0.123. The van der Waals surface area contributed by atoms with Gasteiger partial charge in [-0.15, -0.1) is 24.8 Å². The molecule has 0 aromatic heterocycles. The van der Waals surface area contributed by atoms with Crippen LogP contribution in [0.2, 0.25) is 5.02 Å². The van der Waals surface area contributed by atoms with Crippen LogP contribution in [0.25, 0.3) is 0 Å². The molecule has 0 bridgehead atoms. The number of piperidine rings is 1. The van der Waals surface area contributed by atoms with Crippen LogP contribution in [0.5, 0.6) is 5.75 Å². The first-order valence-electron chi connectivity index (χ1n) is 7.71. The molecule has 0 aliphatic carbocycles. The van der Waals surface area contributed by atoms with Crippen molar-refractivity contribution in [2.45, 2.75) is 31.8 Å². The summed E-state index contributed by atoms with van der Waals surface area (Å²) < 4.78 is 5.70. The molecule has 0 spiro atoms. The molecule has 8 heteroatoms. The number of rotatable bonds is 6. The van der Waals surface area contributed by atoms with Crippen molar-refractivity contribution in [2.75, 3.05) is 26.2 Å². The van der Waals surface area contributed by atoms with Gasteiger partial charge in [-0.3, -0.25) is 9.69 Å². The van der Waals surface area contributed by atoms with Gasteiger partial charge in [0, 0.05) is 30.7 Å². The molecule has 1 aliphatic heterocycles. The van der Waals surface area contributed by atoms with Crippen LogP contribution in [0.1, 0.15) is 19.8 Å². The third kappa shape index (κ3) is 7.90. The standard InChI is InChI=1S/C16H24ClN3O2.2ClH/c1-12(18)16(21)19-14-6-8-20(9-7-14)10-11-22-15-4-2-13(17)3-5-15;;/h2-5,12,14H,6-11,18H2,1H3,(H,19,21);2*1H/t12-;;/m1../s1. The van der Waals surface area contributed by atoms with Crippen LogP contribution in [0.3, 0.4) is 0 Å². The SMILES string of the molecule is C[C@@H](N)C(=O)NC1CCN(CCOc2ccc(Cl)cc2)CC1.Cl.Cl. The fraction of sp³-hybridized carbons (Fsp3) is 0.562.